The lowest BCUT2D eigenvalue weighted by atomic mass is 10.1. The Labute approximate surface area is 146 Å². The molecule has 3 heterocycles. The minimum Gasteiger partial charge on any atom is -0.320 e. The molecule has 0 amide bonds. The molecule has 3 aliphatic rings. The molecule has 0 spiro atoms. The zero-order valence-electron chi connectivity index (χ0n) is 13.0. The molecule has 21 heavy (non-hydrogen) atoms. The highest BCUT2D eigenvalue weighted by atomic mass is 127. The van der Waals surface area contributed by atoms with E-state index in [9.17, 15) is 0 Å². The van der Waals surface area contributed by atoms with E-state index in [1.165, 1.54) is 68.8 Å². The number of piperazine rings is 3. The van der Waals surface area contributed by atoms with Gasteiger partial charge in [-0.2, -0.15) is 0 Å². The molecule has 0 saturated carbocycles. The van der Waals surface area contributed by atoms with Crippen molar-refractivity contribution in [2.45, 2.75) is 12.8 Å². The number of hydrogen-bond acceptors (Lipinski definition) is 2. The van der Waals surface area contributed by atoms with Gasteiger partial charge in [0.2, 0.25) is 0 Å². The fourth-order valence-corrected chi connectivity index (χ4v) is 3.61. The molecule has 0 radical (unpaired) electrons. The summed E-state index contributed by atoms with van der Waals surface area (Å²) in [5.74, 6) is 0. The molecule has 0 unspecified atom stereocenters. The molecule has 3 saturated heterocycles. The maximum Gasteiger partial charge on any atom is 0.0916 e. The molecule has 4 heteroatoms. The third kappa shape index (κ3) is 4.91. The number of nitrogens with one attached hydrogen (secondary N) is 1. The van der Waals surface area contributed by atoms with Gasteiger partial charge in [-0.25, -0.2) is 0 Å². The summed E-state index contributed by atoms with van der Waals surface area (Å²) in [7, 11) is 0. The van der Waals surface area contributed by atoms with Crippen molar-refractivity contribution in [2.24, 2.45) is 0 Å². The van der Waals surface area contributed by atoms with Crippen LogP contribution < -0.4 is 5.32 Å². The van der Waals surface area contributed by atoms with Gasteiger partial charge in [-0.15, -0.1) is 24.0 Å². The van der Waals surface area contributed by atoms with E-state index in [0.717, 1.165) is 13.0 Å². The van der Waals surface area contributed by atoms with Gasteiger partial charge in [0.1, 0.15) is 0 Å². The molecule has 2 bridgehead atoms. The van der Waals surface area contributed by atoms with E-state index < -0.39 is 0 Å². The van der Waals surface area contributed by atoms with Crippen LogP contribution in [-0.2, 0) is 6.42 Å². The first-order valence-corrected chi connectivity index (χ1v) is 8.18. The second-order valence-electron chi connectivity index (χ2n) is 6.42. The van der Waals surface area contributed by atoms with Crippen LogP contribution in [0.4, 0.5) is 0 Å². The minimum absolute atomic E-state index is 0. The number of benzene rings is 1. The smallest absolute Gasteiger partial charge is 0.0916 e. The largest absolute Gasteiger partial charge is 0.320 e. The van der Waals surface area contributed by atoms with Crippen LogP contribution in [0.3, 0.4) is 0 Å². The van der Waals surface area contributed by atoms with Crippen molar-refractivity contribution in [3.63, 3.8) is 0 Å². The summed E-state index contributed by atoms with van der Waals surface area (Å²) in [6, 6.07) is 10.8. The van der Waals surface area contributed by atoms with Crippen molar-refractivity contribution < 1.29 is 4.48 Å². The highest BCUT2D eigenvalue weighted by Crippen LogP contribution is 2.19. The Bertz CT molecular complexity index is 388. The average Bonchev–Trinajstić information content (AvgIpc) is 2.53. The van der Waals surface area contributed by atoms with Crippen LogP contribution in [0.15, 0.2) is 30.3 Å². The Morgan fingerprint density at radius 3 is 2.29 bits per heavy atom. The van der Waals surface area contributed by atoms with Crippen molar-refractivity contribution in [3.05, 3.63) is 35.9 Å². The summed E-state index contributed by atoms with van der Waals surface area (Å²) in [5, 5.41) is 3.61. The summed E-state index contributed by atoms with van der Waals surface area (Å²) in [5.41, 5.74) is 1.44. The monoisotopic (exact) mass is 402 g/mol. The van der Waals surface area contributed by atoms with Crippen LogP contribution in [0.1, 0.15) is 12.0 Å². The number of halogens is 1. The molecule has 3 aliphatic heterocycles. The Balaban J connectivity index is 0.00000161. The fourth-order valence-electron chi connectivity index (χ4n) is 3.61. The first-order valence-electron chi connectivity index (χ1n) is 8.18. The average molecular weight is 402 g/mol. The van der Waals surface area contributed by atoms with Crippen LogP contribution in [0.5, 0.6) is 0 Å². The predicted molar refractivity (Wildman–Crippen MR) is 99.2 cm³/mol. The third-order valence-electron chi connectivity index (χ3n) is 5.09. The van der Waals surface area contributed by atoms with E-state index in [0.29, 0.717) is 0 Å². The van der Waals surface area contributed by atoms with Gasteiger partial charge in [-0.3, -0.25) is 4.90 Å². The number of nitrogens with zero attached hydrogens (tertiary/aromatic N) is 2. The normalized spacial score (nSPS) is 27.3. The van der Waals surface area contributed by atoms with Crippen molar-refractivity contribution in [2.75, 3.05) is 58.9 Å². The van der Waals surface area contributed by atoms with E-state index in [1.807, 2.05) is 0 Å². The van der Waals surface area contributed by atoms with Crippen LogP contribution in [-0.4, -0.2) is 68.3 Å². The Morgan fingerprint density at radius 2 is 1.62 bits per heavy atom. The molecule has 118 valence electrons. The Kier molecular flexibility index (Phi) is 6.92. The van der Waals surface area contributed by atoms with E-state index >= 15 is 0 Å². The SMILES string of the molecule is I.c1ccc(CCNCCC[N+]23CCN(CC2)CC3)cc1. The van der Waals surface area contributed by atoms with Gasteiger partial charge < -0.3 is 9.80 Å². The van der Waals surface area contributed by atoms with Gasteiger partial charge in [-0.1, -0.05) is 30.3 Å². The van der Waals surface area contributed by atoms with E-state index in [2.05, 4.69) is 40.5 Å². The molecule has 0 aromatic heterocycles. The zero-order valence-corrected chi connectivity index (χ0v) is 15.3. The highest BCUT2D eigenvalue weighted by molar-refractivity contribution is 14.0. The maximum absolute atomic E-state index is 3.61. The molecule has 0 aliphatic carbocycles. The highest BCUT2D eigenvalue weighted by Gasteiger charge is 2.37. The summed E-state index contributed by atoms with van der Waals surface area (Å²) in [4.78, 5) is 2.62. The van der Waals surface area contributed by atoms with Crippen molar-refractivity contribution in [1.82, 2.24) is 10.2 Å². The Hall–Kier alpha value is -0.170. The second kappa shape index (κ2) is 8.46. The summed E-state index contributed by atoms with van der Waals surface area (Å²) < 4.78 is 1.40. The number of quaternary nitrogens is 1. The number of rotatable bonds is 7. The fraction of sp³-hybridized carbons (Fsp3) is 0.647. The lowest BCUT2D eigenvalue weighted by molar-refractivity contribution is -0.941. The van der Waals surface area contributed by atoms with Crippen molar-refractivity contribution in [1.29, 1.82) is 0 Å². The van der Waals surface area contributed by atoms with Gasteiger partial charge in [0.15, 0.2) is 0 Å². The topological polar surface area (TPSA) is 15.3 Å². The molecule has 1 N–H and O–H groups in total. The zero-order chi connectivity index (χ0) is 13.7. The molecular weight excluding hydrogens is 373 g/mol. The van der Waals surface area contributed by atoms with Crippen LogP contribution in [0, 0.1) is 0 Å². The molecule has 1 aromatic rings. The molecule has 4 rings (SSSR count). The molecule has 0 atom stereocenters. The molecular formula is C17H29IN3+. The van der Waals surface area contributed by atoms with Gasteiger partial charge >= 0.3 is 0 Å². The van der Waals surface area contributed by atoms with E-state index in [1.54, 1.807) is 0 Å². The lowest BCUT2D eigenvalue weighted by Gasteiger charge is -2.50. The van der Waals surface area contributed by atoms with Gasteiger partial charge in [0.05, 0.1) is 26.2 Å². The Morgan fingerprint density at radius 1 is 0.952 bits per heavy atom. The minimum atomic E-state index is 0. The maximum atomic E-state index is 3.61. The number of fused-ring (bicyclic) bond motifs is 3. The van der Waals surface area contributed by atoms with Crippen LogP contribution in [0.25, 0.3) is 0 Å². The first-order chi connectivity index (χ1) is 9.86. The molecule has 3 nitrogen and oxygen atoms in total. The van der Waals surface area contributed by atoms with Crippen molar-refractivity contribution >= 4 is 24.0 Å². The first kappa shape index (κ1) is 17.2. The summed E-state index contributed by atoms with van der Waals surface area (Å²) in [6.45, 7) is 11.9. The van der Waals surface area contributed by atoms with Crippen molar-refractivity contribution in [3.8, 4) is 0 Å². The van der Waals surface area contributed by atoms with E-state index in [-0.39, 0.29) is 24.0 Å². The summed E-state index contributed by atoms with van der Waals surface area (Å²) in [6.07, 6.45) is 2.48. The van der Waals surface area contributed by atoms with Crippen LogP contribution in [0.2, 0.25) is 0 Å². The second-order valence-corrected chi connectivity index (χ2v) is 6.42. The number of hydrogen-bond donors (Lipinski definition) is 1. The lowest BCUT2D eigenvalue weighted by Crippen LogP contribution is -2.67. The van der Waals surface area contributed by atoms with E-state index in [4.69, 9.17) is 0 Å². The summed E-state index contributed by atoms with van der Waals surface area (Å²) >= 11 is 0. The molecule has 1 aromatic carbocycles. The third-order valence-corrected chi connectivity index (χ3v) is 5.09. The van der Waals surface area contributed by atoms with Crippen LogP contribution >= 0.6 is 24.0 Å². The van der Waals surface area contributed by atoms with Gasteiger partial charge in [-0.05, 0) is 18.5 Å². The standard InChI is InChI=1S/C17H28N3.HI/c1-2-5-17(6-3-1)7-9-18-8-4-13-20-14-10-19(11-15-20)12-16-20;/h1-3,5-6,18H,4,7-16H2;1H/q+1;. The predicted octanol–water partition coefficient (Wildman–Crippen LogP) is 1.97. The van der Waals surface area contributed by atoms with Gasteiger partial charge in [0, 0.05) is 32.6 Å². The van der Waals surface area contributed by atoms with Gasteiger partial charge in [0.25, 0.3) is 0 Å². The quantitative estimate of drug-likeness (QED) is 0.426. The molecule has 3 fully saturated rings.